The average Bonchev–Trinajstić information content (AvgIpc) is 2.54. The number of hydrogen-bond donors (Lipinski definition) is 2. The highest BCUT2D eigenvalue weighted by Gasteiger charge is 2.27. The Labute approximate surface area is 133 Å². The average molecular weight is 318 g/mol. The first-order valence-electron chi connectivity index (χ1n) is 7.14. The quantitative estimate of drug-likeness (QED) is 0.710. The Kier molecular flexibility index (Phi) is 4.95. The Hall–Kier alpha value is -2.90. The van der Waals surface area contributed by atoms with E-state index < -0.39 is 17.7 Å². The van der Waals surface area contributed by atoms with E-state index in [0.29, 0.717) is 26.2 Å². The van der Waals surface area contributed by atoms with Gasteiger partial charge in [-0.1, -0.05) is 12.1 Å². The maximum atomic E-state index is 12.2. The minimum absolute atomic E-state index is 0.0584. The number of piperazine rings is 1. The molecule has 2 rings (SSSR count). The maximum Gasteiger partial charge on any atom is 0.313 e. The fourth-order valence-electron chi connectivity index (χ4n) is 2.35. The molecule has 0 aliphatic carbocycles. The lowest BCUT2D eigenvalue weighted by atomic mass is 10.1. The molecule has 122 valence electrons. The van der Waals surface area contributed by atoms with E-state index in [2.05, 4.69) is 5.32 Å². The van der Waals surface area contributed by atoms with Crippen molar-refractivity contribution in [3.63, 3.8) is 0 Å². The highest BCUT2D eigenvalue weighted by atomic mass is 16.2. The van der Waals surface area contributed by atoms with E-state index in [1.807, 2.05) is 0 Å². The van der Waals surface area contributed by atoms with Gasteiger partial charge in [0.25, 0.3) is 5.91 Å². The number of benzene rings is 1. The van der Waals surface area contributed by atoms with Crippen molar-refractivity contribution < 1.29 is 19.2 Å². The van der Waals surface area contributed by atoms with E-state index in [9.17, 15) is 19.2 Å². The lowest BCUT2D eigenvalue weighted by Crippen LogP contribution is -2.52. The smallest absolute Gasteiger partial charge is 0.313 e. The van der Waals surface area contributed by atoms with Crippen LogP contribution in [0.3, 0.4) is 0 Å². The third-order valence-corrected chi connectivity index (χ3v) is 3.65. The van der Waals surface area contributed by atoms with Crippen molar-refractivity contribution in [1.29, 1.82) is 0 Å². The van der Waals surface area contributed by atoms with E-state index in [0.717, 1.165) is 0 Å². The molecule has 1 aromatic carbocycles. The summed E-state index contributed by atoms with van der Waals surface area (Å²) in [7, 11) is 0. The summed E-state index contributed by atoms with van der Waals surface area (Å²) in [6.07, 6.45) is 0. The first-order chi connectivity index (χ1) is 10.9. The Balaban J connectivity index is 2.00. The molecule has 0 saturated carbocycles. The standard InChI is InChI=1S/C15H18N4O4/c1-10(20)18-6-8-19(9-7-18)15(23)14(22)17-12-5-3-2-4-11(12)13(16)21/h2-5H,6-9H2,1H3,(H2,16,21)(H,17,22). The predicted octanol–water partition coefficient (Wildman–Crippen LogP) is -0.585. The van der Waals surface area contributed by atoms with Crippen LogP contribution < -0.4 is 11.1 Å². The number of anilines is 1. The molecule has 23 heavy (non-hydrogen) atoms. The molecule has 1 heterocycles. The molecule has 4 amide bonds. The van der Waals surface area contributed by atoms with E-state index in [1.165, 1.54) is 24.0 Å². The monoisotopic (exact) mass is 318 g/mol. The number of nitrogens with one attached hydrogen (secondary N) is 1. The summed E-state index contributed by atoms with van der Waals surface area (Å²) < 4.78 is 0. The Morgan fingerprint density at radius 3 is 2.13 bits per heavy atom. The molecule has 0 aromatic heterocycles. The molecule has 8 nitrogen and oxygen atoms in total. The van der Waals surface area contributed by atoms with Gasteiger partial charge in [0, 0.05) is 33.1 Å². The predicted molar refractivity (Wildman–Crippen MR) is 82.4 cm³/mol. The summed E-state index contributed by atoms with van der Waals surface area (Å²) in [6.45, 7) is 2.84. The van der Waals surface area contributed by atoms with E-state index >= 15 is 0 Å². The summed E-state index contributed by atoms with van der Waals surface area (Å²) in [6, 6.07) is 6.20. The number of primary amides is 1. The summed E-state index contributed by atoms with van der Waals surface area (Å²) >= 11 is 0. The fourth-order valence-corrected chi connectivity index (χ4v) is 2.35. The van der Waals surface area contributed by atoms with Crippen LogP contribution in [0.1, 0.15) is 17.3 Å². The maximum absolute atomic E-state index is 12.2. The van der Waals surface area contributed by atoms with Gasteiger partial charge in [-0.05, 0) is 12.1 Å². The number of carbonyl (C=O) groups is 4. The number of nitrogens with two attached hydrogens (primary N) is 1. The van der Waals surface area contributed by atoms with Crippen LogP contribution in [-0.2, 0) is 14.4 Å². The number of carbonyl (C=O) groups excluding carboxylic acids is 4. The van der Waals surface area contributed by atoms with Gasteiger partial charge in [-0.3, -0.25) is 19.2 Å². The minimum Gasteiger partial charge on any atom is -0.366 e. The van der Waals surface area contributed by atoms with Crippen molar-refractivity contribution in [2.75, 3.05) is 31.5 Å². The highest BCUT2D eigenvalue weighted by Crippen LogP contribution is 2.14. The largest absolute Gasteiger partial charge is 0.366 e. The second kappa shape index (κ2) is 6.91. The van der Waals surface area contributed by atoms with Crippen molar-refractivity contribution in [1.82, 2.24) is 9.80 Å². The lowest BCUT2D eigenvalue weighted by Gasteiger charge is -2.33. The summed E-state index contributed by atoms with van der Waals surface area (Å²) in [4.78, 5) is 49.8. The van der Waals surface area contributed by atoms with Crippen molar-refractivity contribution in [2.24, 2.45) is 5.73 Å². The number of para-hydroxylation sites is 1. The van der Waals surface area contributed by atoms with Gasteiger partial charge in [-0.2, -0.15) is 0 Å². The van der Waals surface area contributed by atoms with E-state index in [-0.39, 0.29) is 17.2 Å². The Bertz CT molecular complexity index is 651. The second-order valence-electron chi connectivity index (χ2n) is 5.16. The van der Waals surface area contributed by atoms with Gasteiger partial charge in [-0.15, -0.1) is 0 Å². The topological polar surface area (TPSA) is 113 Å². The minimum atomic E-state index is -0.838. The number of rotatable bonds is 2. The molecule has 3 N–H and O–H groups in total. The first-order valence-corrected chi connectivity index (χ1v) is 7.14. The van der Waals surface area contributed by atoms with Crippen LogP contribution in [0.15, 0.2) is 24.3 Å². The van der Waals surface area contributed by atoms with Crippen molar-refractivity contribution in [2.45, 2.75) is 6.92 Å². The molecule has 0 atom stereocenters. The zero-order chi connectivity index (χ0) is 17.0. The van der Waals surface area contributed by atoms with Crippen LogP contribution in [0, 0.1) is 0 Å². The molecule has 0 unspecified atom stereocenters. The van der Waals surface area contributed by atoms with E-state index in [4.69, 9.17) is 5.73 Å². The molecule has 1 aliphatic rings. The second-order valence-corrected chi connectivity index (χ2v) is 5.16. The molecule has 0 spiro atoms. The third-order valence-electron chi connectivity index (χ3n) is 3.65. The van der Waals surface area contributed by atoms with E-state index in [1.54, 1.807) is 17.0 Å². The van der Waals surface area contributed by atoms with Crippen molar-refractivity contribution in [3.05, 3.63) is 29.8 Å². The normalized spacial score (nSPS) is 14.3. The Morgan fingerprint density at radius 1 is 1.00 bits per heavy atom. The van der Waals surface area contributed by atoms with Gasteiger partial charge in [0.05, 0.1) is 11.3 Å². The molecular weight excluding hydrogens is 300 g/mol. The van der Waals surface area contributed by atoms with Crippen molar-refractivity contribution >= 4 is 29.3 Å². The molecule has 1 saturated heterocycles. The molecular formula is C15H18N4O4. The van der Waals surface area contributed by atoms with Crippen LogP contribution in [0.25, 0.3) is 0 Å². The van der Waals surface area contributed by atoms with Crippen molar-refractivity contribution in [3.8, 4) is 0 Å². The molecule has 1 fully saturated rings. The SMILES string of the molecule is CC(=O)N1CCN(C(=O)C(=O)Nc2ccccc2C(N)=O)CC1. The fraction of sp³-hybridized carbons (Fsp3) is 0.333. The molecule has 0 bridgehead atoms. The summed E-state index contributed by atoms with van der Waals surface area (Å²) in [5, 5.41) is 2.41. The van der Waals surface area contributed by atoms with Gasteiger partial charge in [0.15, 0.2) is 0 Å². The molecule has 1 aromatic rings. The van der Waals surface area contributed by atoms with Crippen LogP contribution in [-0.4, -0.2) is 59.6 Å². The molecule has 1 aliphatic heterocycles. The van der Waals surface area contributed by atoms with Gasteiger partial charge in [0.1, 0.15) is 0 Å². The number of nitrogens with zero attached hydrogens (tertiary/aromatic N) is 2. The van der Waals surface area contributed by atoms with Gasteiger partial charge >= 0.3 is 11.8 Å². The van der Waals surface area contributed by atoms with Gasteiger partial charge in [0.2, 0.25) is 5.91 Å². The first kappa shape index (κ1) is 16.5. The van der Waals surface area contributed by atoms with Crippen LogP contribution in [0.5, 0.6) is 0 Å². The Morgan fingerprint density at radius 2 is 1.57 bits per heavy atom. The zero-order valence-corrected chi connectivity index (χ0v) is 12.7. The molecule has 0 radical (unpaired) electrons. The third kappa shape index (κ3) is 3.85. The highest BCUT2D eigenvalue weighted by molar-refractivity contribution is 6.39. The van der Waals surface area contributed by atoms with Gasteiger partial charge < -0.3 is 20.9 Å². The lowest BCUT2D eigenvalue weighted by molar-refractivity contribution is -0.145. The van der Waals surface area contributed by atoms with Crippen LogP contribution in [0.4, 0.5) is 5.69 Å². The van der Waals surface area contributed by atoms with Gasteiger partial charge in [-0.25, -0.2) is 0 Å². The summed E-state index contributed by atoms with van der Waals surface area (Å²) in [5.41, 5.74) is 5.56. The number of amides is 4. The summed E-state index contributed by atoms with van der Waals surface area (Å²) in [5.74, 6) is -2.29. The number of hydrogen-bond acceptors (Lipinski definition) is 4. The zero-order valence-electron chi connectivity index (χ0n) is 12.7. The molecule has 8 heteroatoms. The van der Waals surface area contributed by atoms with Crippen LogP contribution in [0.2, 0.25) is 0 Å². The van der Waals surface area contributed by atoms with Crippen LogP contribution >= 0.6 is 0 Å².